The number of aliphatic hydroxyl groups excluding tert-OH is 1. The average molecular weight is 244 g/mol. The van der Waals surface area contributed by atoms with Gasteiger partial charge < -0.3 is 20.5 Å². The molecule has 0 atom stereocenters. The van der Waals surface area contributed by atoms with Crippen LogP contribution >= 0.6 is 0 Å². The van der Waals surface area contributed by atoms with E-state index in [0.29, 0.717) is 13.2 Å². The molecule has 1 aliphatic heterocycles. The van der Waals surface area contributed by atoms with Gasteiger partial charge in [0, 0.05) is 19.6 Å². The van der Waals surface area contributed by atoms with Crippen LogP contribution in [-0.2, 0) is 9.53 Å². The van der Waals surface area contributed by atoms with Crippen molar-refractivity contribution in [2.75, 3.05) is 32.8 Å². The van der Waals surface area contributed by atoms with Crippen LogP contribution in [0.2, 0.25) is 0 Å². The van der Waals surface area contributed by atoms with E-state index in [2.05, 4.69) is 0 Å². The van der Waals surface area contributed by atoms with E-state index in [0.717, 1.165) is 25.9 Å². The van der Waals surface area contributed by atoms with Crippen LogP contribution in [0.4, 0.5) is 0 Å². The van der Waals surface area contributed by atoms with Gasteiger partial charge in [0.2, 0.25) is 5.91 Å². The van der Waals surface area contributed by atoms with Crippen molar-refractivity contribution < 1.29 is 14.6 Å². The molecule has 1 heterocycles. The number of piperidine rings is 1. The number of carbonyl (C=O) groups is 1. The van der Waals surface area contributed by atoms with Gasteiger partial charge >= 0.3 is 0 Å². The number of amides is 1. The van der Waals surface area contributed by atoms with E-state index >= 15 is 0 Å². The van der Waals surface area contributed by atoms with Crippen molar-refractivity contribution in [3.8, 4) is 0 Å². The largest absolute Gasteiger partial charge is 0.394 e. The molecule has 0 bridgehead atoms. The highest BCUT2D eigenvalue weighted by Crippen LogP contribution is 2.21. The molecular weight excluding hydrogens is 220 g/mol. The van der Waals surface area contributed by atoms with E-state index < -0.39 is 5.41 Å². The van der Waals surface area contributed by atoms with Crippen LogP contribution in [0.1, 0.15) is 26.7 Å². The Hall–Kier alpha value is -0.650. The highest BCUT2D eigenvalue weighted by Gasteiger charge is 2.32. The first kappa shape index (κ1) is 14.4. The molecular formula is C12H24N2O3. The van der Waals surface area contributed by atoms with E-state index in [1.807, 2.05) is 18.7 Å². The molecule has 3 N–H and O–H groups in total. The molecule has 100 valence electrons. The van der Waals surface area contributed by atoms with E-state index in [1.165, 1.54) is 0 Å². The molecule has 1 fully saturated rings. The quantitative estimate of drug-likeness (QED) is 0.712. The molecule has 17 heavy (non-hydrogen) atoms. The molecule has 0 unspecified atom stereocenters. The Balaban J connectivity index is 2.39. The van der Waals surface area contributed by atoms with E-state index in [1.54, 1.807) is 0 Å². The number of likely N-dealkylation sites (tertiary alicyclic amines) is 1. The van der Waals surface area contributed by atoms with Gasteiger partial charge in [0.15, 0.2) is 0 Å². The molecule has 0 radical (unpaired) electrons. The Labute approximate surface area is 103 Å². The molecule has 1 saturated heterocycles. The number of carbonyl (C=O) groups excluding carboxylic acids is 1. The number of nitrogens with two attached hydrogens (primary N) is 1. The van der Waals surface area contributed by atoms with E-state index in [9.17, 15) is 4.79 Å². The lowest BCUT2D eigenvalue weighted by Gasteiger charge is -2.36. The Bertz CT molecular complexity index is 248. The first-order valence-electron chi connectivity index (χ1n) is 6.23. The summed E-state index contributed by atoms with van der Waals surface area (Å²) in [6.45, 7) is 6.00. The third kappa shape index (κ3) is 3.94. The zero-order valence-electron chi connectivity index (χ0n) is 10.8. The predicted octanol–water partition coefficient (Wildman–Crippen LogP) is -0.0288. The Morgan fingerprint density at radius 2 is 2.06 bits per heavy atom. The summed E-state index contributed by atoms with van der Waals surface area (Å²) in [4.78, 5) is 14.0. The molecule has 0 spiro atoms. The van der Waals surface area contributed by atoms with Crippen LogP contribution in [-0.4, -0.2) is 54.9 Å². The van der Waals surface area contributed by atoms with Crippen molar-refractivity contribution in [3.05, 3.63) is 0 Å². The average Bonchev–Trinajstić information content (AvgIpc) is 2.36. The van der Waals surface area contributed by atoms with Gasteiger partial charge in [0.1, 0.15) is 0 Å². The monoisotopic (exact) mass is 244 g/mol. The fourth-order valence-electron chi connectivity index (χ4n) is 1.96. The summed E-state index contributed by atoms with van der Waals surface area (Å²) in [5, 5.41) is 8.67. The molecule has 0 aliphatic carbocycles. The van der Waals surface area contributed by atoms with Gasteiger partial charge in [-0.1, -0.05) is 0 Å². The number of ether oxygens (including phenoxy) is 1. The standard InChI is InChI=1S/C12H24N2O3/c1-12(2,9-13)11(16)14-5-3-10(4-6-14)17-8-7-15/h10,15H,3-9,13H2,1-2H3. The Morgan fingerprint density at radius 1 is 1.47 bits per heavy atom. The molecule has 1 aliphatic rings. The highest BCUT2D eigenvalue weighted by molar-refractivity contribution is 5.82. The molecule has 5 heteroatoms. The molecule has 0 aromatic heterocycles. The fraction of sp³-hybridized carbons (Fsp3) is 0.917. The molecule has 0 aromatic carbocycles. The maximum Gasteiger partial charge on any atom is 0.229 e. The second kappa shape index (κ2) is 6.33. The summed E-state index contributed by atoms with van der Waals surface area (Å²) in [6, 6.07) is 0. The van der Waals surface area contributed by atoms with Gasteiger partial charge in [-0.15, -0.1) is 0 Å². The van der Waals surface area contributed by atoms with Crippen LogP contribution in [0.3, 0.4) is 0 Å². The van der Waals surface area contributed by atoms with Crippen molar-refractivity contribution >= 4 is 5.91 Å². The lowest BCUT2D eigenvalue weighted by molar-refractivity contribution is -0.142. The maximum atomic E-state index is 12.1. The van der Waals surface area contributed by atoms with Gasteiger partial charge in [-0.05, 0) is 26.7 Å². The van der Waals surface area contributed by atoms with Gasteiger partial charge in [-0.3, -0.25) is 4.79 Å². The normalized spacial score (nSPS) is 18.5. The van der Waals surface area contributed by atoms with Gasteiger partial charge in [0.05, 0.1) is 24.7 Å². The number of rotatable bonds is 5. The number of aliphatic hydroxyl groups is 1. The minimum absolute atomic E-state index is 0.0549. The number of hydrogen-bond donors (Lipinski definition) is 2. The van der Waals surface area contributed by atoms with Crippen LogP contribution in [0.15, 0.2) is 0 Å². The number of hydrogen-bond acceptors (Lipinski definition) is 4. The lowest BCUT2D eigenvalue weighted by atomic mass is 9.91. The van der Waals surface area contributed by atoms with Crippen molar-refractivity contribution in [1.29, 1.82) is 0 Å². The van der Waals surface area contributed by atoms with Crippen LogP contribution in [0, 0.1) is 5.41 Å². The smallest absolute Gasteiger partial charge is 0.229 e. The third-order valence-electron chi connectivity index (χ3n) is 3.26. The van der Waals surface area contributed by atoms with Crippen molar-refractivity contribution in [3.63, 3.8) is 0 Å². The van der Waals surface area contributed by atoms with Crippen molar-refractivity contribution in [1.82, 2.24) is 4.90 Å². The maximum absolute atomic E-state index is 12.1. The summed E-state index contributed by atoms with van der Waals surface area (Å²) < 4.78 is 5.46. The minimum Gasteiger partial charge on any atom is -0.394 e. The second-order valence-electron chi connectivity index (χ2n) is 5.17. The van der Waals surface area contributed by atoms with Crippen molar-refractivity contribution in [2.24, 2.45) is 11.1 Å². The zero-order valence-corrected chi connectivity index (χ0v) is 10.8. The first-order chi connectivity index (χ1) is 8.01. The van der Waals surface area contributed by atoms with Crippen LogP contribution < -0.4 is 5.73 Å². The Morgan fingerprint density at radius 3 is 2.53 bits per heavy atom. The summed E-state index contributed by atoms with van der Waals surface area (Å²) >= 11 is 0. The topological polar surface area (TPSA) is 75.8 Å². The predicted molar refractivity (Wildman–Crippen MR) is 65.5 cm³/mol. The van der Waals surface area contributed by atoms with Gasteiger partial charge in [-0.25, -0.2) is 0 Å². The van der Waals surface area contributed by atoms with Crippen molar-refractivity contribution in [2.45, 2.75) is 32.8 Å². The molecule has 0 saturated carbocycles. The molecule has 1 rings (SSSR count). The summed E-state index contributed by atoms with van der Waals surface area (Å²) in [7, 11) is 0. The minimum atomic E-state index is -0.473. The Kier molecular flexibility index (Phi) is 5.36. The highest BCUT2D eigenvalue weighted by atomic mass is 16.5. The second-order valence-corrected chi connectivity index (χ2v) is 5.17. The summed E-state index contributed by atoms with van der Waals surface area (Å²) in [6.07, 6.45) is 1.85. The summed E-state index contributed by atoms with van der Waals surface area (Å²) in [5.41, 5.74) is 5.13. The number of nitrogens with zero attached hydrogens (tertiary/aromatic N) is 1. The SMILES string of the molecule is CC(C)(CN)C(=O)N1CCC(OCCO)CC1. The van der Waals surface area contributed by atoms with Gasteiger partial charge in [0.25, 0.3) is 0 Å². The summed E-state index contributed by atoms with van der Waals surface area (Å²) in [5.74, 6) is 0.126. The third-order valence-corrected chi connectivity index (χ3v) is 3.26. The van der Waals surface area contributed by atoms with Crippen LogP contribution in [0.5, 0.6) is 0 Å². The van der Waals surface area contributed by atoms with Gasteiger partial charge in [-0.2, -0.15) is 0 Å². The molecule has 1 amide bonds. The lowest BCUT2D eigenvalue weighted by Crippen LogP contribution is -2.48. The molecule has 5 nitrogen and oxygen atoms in total. The first-order valence-corrected chi connectivity index (χ1v) is 6.23. The molecule has 0 aromatic rings. The van der Waals surface area contributed by atoms with E-state index in [4.69, 9.17) is 15.6 Å². The fourth-order valence-corrected chi connectivity index (χ4v) is 1.96. The van der Waals surface area contributed by atoms with E-state index in [-0.39, 0.29) is 18.6 Å². The van der Waals surface area contributed by atoms with Crippen LogP contribution in [0.25, 0.3) is 0 Å². The zero-order chi connectivity index (χ0) is 12.9.